The number of nitrogens with two attached hydrogens (primary N) is 1. The van der Waals surface area contributed by atoms with E-state index in [1.165, 1.54) is 0 Å². The number of nitrogens with one attached hydrogen (secondary N) is 1. The molecule has 1 fully saturated rings. The summed E-state index contributed by atoms with van der Waals surface area (Å²) in [5, 5.41) is 2.83. The summed E-state index contributed by atoms with van der Waals surface area (Å²) in [5.74, 6) is 0.723. The number of benzene rings is 1. The molecule has 1 heterocycles. The lowest BCUT2D eigenvalue weighted by Gasteiger charge is -2.16. The zero-order valence-electron chi connectivity index (χ0n) is 9.85. The number of urea groups is 1. The lowest BCUT2D eigenvalue weighted by molar-refractivity contribution is 0.222. The summed E-state index contributed by atoms with van der Waals surface area (Å²) in [6, 6.07) is 7.29. The van der Waals surface area contributed by atoms with Crippen LogP contribution in [0.1, 0.15) is 6.42 Å². The molecule has 2 amide bonds. The zero-order chi connectivity index (χ0) is 12.3. The molecule has 2 rings (SSSR count). The molecule has 3 N–H and O–H groups in total. The minimum atomic E-state index is -0.105. The molecule has 92 valence electrons. The summed E-state index contributed by atoms with van der Waals surface area (Å²) in [6.45, 7) is 1.34. The van der Waals surface area contributed by atoms with Crippen molar-refractivity contribution >= 4 is 11.7 Å². The highest BCUT2D eigenvalue weighted by molar-refractivity contribution is 5.89. The van der Waals surface area contributed by atoms with Gasteiger partial charge in [-0.25, -0.2) is 4.79 Å². The van der Waals surface area contributed by atoms with Crippen LogP contribution < -0.4 is 15.8 Å². The number of likely N-dealkylation sites (tertiary alicyclic amines) is 1. The van der Waals surface area contributed by atoms with Gasteiger partial charge in [-0.2, -0.15) is 0 Å². The number of carbonyl (C=O) groups excluding carboxylic acids is 1. The van der Waals surface area contributed by atoms with Crippen LogP contribution >= 0.6 is 0 Å². The normalized spacial score (nSPS) is 19.2. The third-order valence-electron chi connectivity index (χ3n) is 2.83. The topological polar surface area (TPSA) is 67.6 Å². The van der Waals surface area contributed by atoms with Gasteiger partial charge in [-0.3, -0.25) is 0 Å². The van der Waals surface area contributed by atoms with Crippen molar-refractivity contribution in [2.24, 2.45) is 5.73 Å². The number of anilines is 1. The number of hydrogen-bond acceptors (Lipinski definition) is 3. The van der Waals surface area contributed by atoms with E-state index in [0.29, 0.717) is 6.54 Å². The van der Waals surface area contributed by atoms with Gasteiger partial charge >= 0.3 is 6.03 Å². The van der Waals surface area contributed by atoms with Crippen LogP contribution in [0.5, 0.6) is 5.75 Å². The Balaban J connectivity index is 1.98. The average Bonchev–Trinajstić information content (AvgIpc) is 2.76. The van der Waals surface area contributed by atoms with Crippen molar-refractivity contribution in [3.05, 3.63) is 24.3 Å². The fourth-order valence-corrected chi connectivity index (χ4v) is 1.88. The van der Waals surface area contributed by atoms with E-state index in [4.69, 9.17) is 10.5 Å². The van der Waals surface area contributed by atoms with Crippen LogP contribution in [-0.4, -0.2) is 37.2 Å². The number of nitrogens with zero attached hydrogens (tertiary/aromatic N) is 1. The number of carbonyl (C=O) groups is 1. The summed E-state index contributed by atoms with van der Waals surface area (Å²) >= 11 is 0. The molecule has 0 bridgehead atoms. The minimum Gasteiger partial charge on any atom is -0.497 e. The number of rotatable bonds is 2. The Labute approximate surface area is 101 Å². The summed E-state index contributed by atoms with van der Waals surface area (Å²) in [5.41, 5.74) is 6.49. The maximum atomic E-state index is 11.9. The van der Waals surface area contributed by atoms with Gasteiger partial charge in [0, 0.05) is 30.9 Å². The molecule has 1 atom stereocenters. The van der Waals surface area contributed by atoms with Crippen LogP contribution in [0.3, 0.4) is 0 Å². The Kier molecular flexibility index (Phi) is 3.49. The van der Waals surface area contributed by atoms with E-state index < -0.39 is 0 Å². The van der Waals surface area contributed by atoms with E-state index in [9.17, 15) is 4.79 Å². The fraction of sp³-hybridized carbons (Fsp3) is 0.417. The highest BCUT2D eigenvalue weighted by Crippen LogP contribution is 2.17. The van der Waals surface area contributed by atoms with Crippen molar-refractivity contribution in [3.63, 3.8) is 0 Å². The number of methoxy groups -OCH3 is 1. The quantitative estimate of drug-likeness (QED) is 0.811. The van der Waals surface area contributed by atoms with Crippen LogP contribution in [0.2, 0.25) is 0 Å². The maximum Gasteiger partial charge on any atom is 0.321 e. The van der Waals surface area contributed by atoms with Crippen molar-refractivity contribution in [3.8, 4) is 5.75 Å². The van der Waals surface area contributed by atoms with Crippen molar-refractivity contribution in [1.29, 1.82) is 0 Å². The van der Waals surface area contributed by atoms with Gasteiger partial charge in [0.05, 0.1) is 7.11 Å². The molecule has 0 unspecified atom stereocenters. The number of hydrogen-bond donors (Lipinski definition) is 2. The lowest BCUT2D eigenvalue weighted by Crippen LogP contribution is -2.35. The van der Waals surface area contributed by atoms with Gasteiger partial charge in [0.15, 0.2) is 0 Å². The van der Waals surface area contributed by atoms with Gasteiger partial charge in [-0.1, -0.05) is 6.07 Å². The van der Waals surface area contributed by atoms with Crippen LogP contribution in [0, 0.1) is 0 Å². The van der Waals surface area contributed by atoms with E-state index >= 15 is 0 Å². The maximum absolute atomic E-state index is 11.9. The van der Waals surface area contributed by atoms with Crippen LogP contribution in [-0.2, 0) is 0 Å². The number of ether oxygens (including phenoxy) is 1. The Hall–Kier alpha value is -1.75. The molecular formula is C12H17N3O2. The second-order valence-corrected chi connectivity index (χ2v) is 4.16. The van der Waals surface area contributed by atoms with E-state index in [1.54, 1.807) is 18.1 Å². The predicted molar refractivity (Wildman–Crippen MR) is 66.2 cm³/mol. The summed E-state index contributed by atoms with van der Waals surface area (Å²) in [7, 11) is 1.60. The molecule has 0 aromatic heterocycles. The summed E-state index contributed by atoms with van der Waals surface area (Å²) in [4.78, 5) is 13.6. The van der Waals surface area contributed by atoms with Crippen molar-refractivity contribution in [2.45, 2.75) is 12.5 Å². The SMILES string of the molecule is COc1cccc(NC(=O)N2CC[C@H](N)C2)c1. The zero-order valence-corrected chi connectivity index (χ0v) is 9.85. The monoisotopic (exact) mass is 235 g/mol. The summed E-state index contributed by atoms with van der Waals surface area (Å²) < 4.78 is 5.09. The van der Waals surface area contributed by atoms with E-state index in [2.05, 4.69) is 5.32 Å². The van der Waals surface area contributed by atoms with Crippen LogP contribution in [0.4, 0.5) is 10.5 Å². The predicted octanol–water partition coefficient (Wildman–Crippen LogP) is 1.26. The first-order valence-electron chi connectivity index (χ1n) is 5.64. The molecule has 17 heavy (non-hydrogen) atoms. The van der Waals surface area contributed by atoms with Crippen molar-refractivity contribution in [1.82, 2.24) is 4.90 Å². The average molecular weight is 235 g/mol. The second-order valence-electron chi connectivity index (χ2n) is 4.16. The lowest BCUT2D eigenvalue weighted by atomic mass is 10.3. The largest absolute Gasteiger partial charge is 0.497 e. The first-order valence-corrected chi connectivity index (χ1v) is 5.64. The second kappa shape index (κ2) is 5.05. The molecule has 1 aliphatic rings. The molecule has 1 aromatic rings. The van der Waals surface area contributed by atoms with Crippen LogP contribution in [0.25, 0.3) is 0 Å². The van der Waals surface area contributed by atoms with Gasteiger partial charge in [0.1, 0.15) is 5.75 Å². The smallest absolute Gasteiger partial charge is 0.321 e. The van der Waals surface area contributed by atoms with E-state index in [0.717, 1.165) is 24.4 Å². The van der Waals surface area contributed by atoms with Gasteiger partial charge in [0.25, 0.3) is 0 Å². The fourth-order valence-electron chi connectivity index (χ4n) is 1.88. The third-order valence-corrected chi connectivity index (χ3v) is 2.83. The Morgan fingerprint density at radius 2 is 2.41 bits per heavy atom. The Bertz CT molecular complexity index is 408. The van der Waals surface area contributed by atoms with Crippen LogP contribution in [0.15, 0.2) is 24.3 Å². The Morgan fingerprint density at radius 3 is 3.06 bits per heavy atom. The Morgan fingerprint density at radius 1 is 1.59 bits per heavy atom. The van der Waals surface area contributed by atoms with E-state index in [1.807, 2.05) is 18.2 Å². The molecule has 0 spiro atoms. The number of amides is 2. The molecule has 1 aliphatic heterocycles. The van der Waals surface area contributed by atoms with E-state index in [-0.39, 0.29) is 12.1 Å². The highest BCUT2D eigenvalue weighted by Gasteiger charge is 2.23. The molecule has 0 radical (unpaired) electrons. The van der Waals surface area contributed by atoms with Gasteiger partial charge in [0.2, 0.25) is 0 Å². The van der Waals surface area contributed by atoms with Gasteiger partial charge < -0.3 is 20.7 Å². The van der Waals surface area contributed by atoms with Gasteiger partial charge in [-0.15, -0.1) is 0 Å². The highest BCUT2D eigenvalue weighted by atomic mass is 16.5. The molecule has 1 aromatic carbocycles. The molecule has 0 saturated carbocycles. The first-order chi connectivity index (χ1) is 8.19. The molecule has 1 saturated heterocycles. The van der Waals surface area contributed by atoms with Crippen molar-refractivity contribution in [2.75, 3.05) is 25.5 Å². The summed E-state index contributed by atoms with van der Waals surface area (Å²) in [6.07, 6.45) is 0.867. The minimum absolute atomic E-state index is 0.103. The standard InChI is InChI=1S/C12H17N3O2/c1-17-11-4-2-3-10(7-11)14-12(16)15-6-5-9(13)8-15/h2-4,7,9H,5-6,8,13H2,1H3,(H,14,16)/t9-/m0/s1. The van der Waals surface area contributed by atoms with Crippen molar-refractivity contribution < 1.29 is 9.53 Å². The molecular weight excluding hydrogens is 218 g/mol. The first kappa shape index (κ1) is 11.7. The van der Waals surface area contributed by atoms with Gasteiger partial charge in [-0.05, 0) is 18.6 Å². The molecule has 0 aliphatic carbocycles. The molecule has 5 heteroatoms. The molecule has 5 nitrogen and oxygen atoms in total. The third kappa shape index (κ3) is 2.88.